The minimum Gasteiger partial charge on any atom is -0.486 e. The first-order valence-electron chi connectivity index (χ1n) is 7.91. The highest BCUT2D eigenvalue weighted by Crippen LogP contribution is 2.32. The van der Waals surface area contributed by atoms with Gasteiger partial charge in [0.2, 0.25) is 11.8 Å². The summed E-state index contributed by atoms with van der Waals surface area (Å²) in [6.45, 7) is 2.63. The fraction of sp³-hybridized carbons (Fsp3) is 0.222. The highest BCUT2D eigenvalue weighted by molar-refractivity contribution is 5.94. The van der Waals surface area contributed by atoms with Gasteiger partial charge in [0.25, 0.3) is 0 Å². The number of hydrogen-bond acceptors (Lipinski definition) is 5. The monoisotopic (exact) mass is 341 g/mol. The molecule has 130 valence electrons. The summed E-state index contributed by atoms with van der Waals surface area (Å²) in [6, 6.07) is 12.4. The van der Waals surface area contributed by atoms with Crippen LogP contribution in [0.2, 0.25) is 0 Å². The van der Waals surface area contributed by atoms with E-state index in [1.807, 2.05) is 18.2 Å². The third-order valence-electron chi connectivity index (χ3n) is 3.48. The summed E-state index contributed by atoms with van der Waals surface area (Å²) in [7, 11) is 0. The van der Waals surface area contributed by atoms with Crippen molar-refractivity contribution in [1.29, 1.82) is 0 Å². The Hall–Kier alpha value is -3.22. The van der Waals surface area contributed by atoms with Crippen molar-refractivity contribution in [2.24, 2.45) is 0 Å². The van der Waals surface area contributed by atoms with Crippen molar-refractivity contribution in [3.05, 3.63) is 42.5 Å². The third-order valence-corrected chi connectivity index (χ3v) is 3.48. The van der Waals surface area contributed by atoms with E-state index in [2.05, 4.69) is 16.0 Å². The van der Waals surface area contributed by atoms with Crippen LogP contribution in [0.1, 0.15) is 6.92 Å². The van der Waals surface area contributed by atoms with Crippen LogP contribution in [0.5, 0.6) is 11.5 Å². The van der Waals surface area contributed by atoms with Gasteiger partial charge in [-0.25, -0.2) is 0 Å². The molecular weight excluding hydrogens is 322 g/mol. The molecule has 3 rings (SSSR count). The lowest BCUT2D eigenvalue weighted by atomic mass is 10.2. The van der Waals surface area contributed by atoms with Crippen LogP contribution in [0.15, 0.2) is 42.5 Å². The molecule has 0 atom stereocenters. The molecule has 0 spiro atoms. The van der Waals surface area contributed by atoms with E-state index in [-0.39, 0.29) is 18.4 Å². The Labute approximate surface area is 145 Å². The van der Waals surface area contributed by atoms with Gasteiger partial charge in [-0.2, -0.15) is 0 Å². The molecule has 0 unspecified atom stereocenters. The third kappa shape index (κ3) is 4.63. The van der Waals surface area contributed by atoms with Crippen molar-refractivity contribution in [3.8, 4) is 11.5 Å². The maximum absolute atomic E-state index is 12.0. The maximum atomic E-state index is 12.0. The minimum atomic E-state index is -0.179. The quantitative estimate of drug-likeness (QED) is 0.777. The molecular formula is C18H19N3O4. The predicted octanol–water partition coefficient (Wildman–Crippen LogP) is 2.47. The normalized spacial score (nSPS) is 12.2. The predicted molar refractivity (Wildman–Crippen MR) is 95.3 cm³/mol. The molecule has 1 aliphatic heterocycles. The van der Waals surface area contributed by atoms with Gasteiger partial charge in [0, 0.05) is 30.1 Å². The molecule has 0 aromatic heterocycles. The van der Waals surface area contributed by atoms with Crippen LogP contribution < -0.4 is 25.4 Å². The van der Waals surface area contributed by atoms with Crippen molar-refractivity contribution in [3.63, 3.8) is 0 Å². The highest BCUT2D eigenvalue weighted by Gasteiger charge is 2.12. The summed E-state index contributed by atoms with van der Waals surface area (Å²) >= 11 is 0. The largest absolute Gasteiger partial charge is 0.486 e. The van der Waals surface area contributed by atoms with Gasteiger partial charge in [-0.05, 0) is 36.4 Å². The first-order chi connectivity index (χ1) is 12.1. The molecule has 25 heavy (non-hydrogen) atoms. The second kappa shape index (κ2) is 7.57. The maximum Gasteiger partial charge on any atom is 0.243 e. The van der Waals surface area contributed by atoms with Gasteiger partial charge in [-0.1, -0.05) is 0 Å². The van der Waals surface area contributed by atoms with Gasteiger partial charge in [0.05, 0.1) is 6.54 Å². The second-order valence-corrected chi connectivity index (χ2v) is 5.52. The van der Waals surface area contributed by atoms with E-state index in [1.54, 1.807) is 24.3 Å². The number of rotatable bonds is 5. The lowest BCUT2D eigenvalue weighted by molar-refractivity contribution is -0.115. The van der Waals surface area contributed by atoms with Crippen molar-refractivity contribution >= 4 is 28.9 Å². The van der Waals surface area contributed by atoms with E-state index in [1.165, 1.54) is 6.92 Å². The molecule has 1 aliphatic rings. The summed E-state index contributed by atoms with van der Waals surface area (Å²) < 4.78 is 11.0. The summed E-state index contributed by atoms with van der Waals surface area (Å²) in [6.07, 6.45) is 0. The Morgan fingerprint density at radius 3 is 2.16 bits per heavy atom. The zero-order chi connectivity index (χ0) is 17.6. The molecule has 1 heterocycles. The molecule has 0 saturated carbocycles. The zero-order valence-electron chi connectivity index (χ0n) is 13.8. The molecule has 0 radical (unpaired) electrons. The fourth-order valence-corrected chi connectivity index (χ4v) is 2.38. The zero-order valence-corrected chi connectivity index (χ0v) is 13.8. The standard InChI is InChI=1S/C18H19N3O4/c1-12(22)20-13-2-4-14(5-3-13)21-18(23)11-19-15-6-7-16-17(10-15)25-9-8-24-16/h2-7,10,19H,8-9,11H2,1H3,(H,20,22)(H,21,23). The first-order valence-corrected chi connectivity index (χ1v) is 7.91. The van der Waals surface area contributed by atoms with Gasteiger partial charge in [0.15, 0.2) is 11.5 Å². The number of carbonyl (C=O) groups is 2. The number of hydrogen-bond donors (Lipinski definition) is 3. The molecule has 7 heteroatoms. The van der Waals surface area contributed by atoms with E-state index in [9.17, 15) is 9.59 Å². The Morgan fingerprint density at radius 1 is 0.880 bits per heavy atom. The summed E-state index contributed by atoms with van der Waals surface area (Å²) in [5, 5.41) is 8.50. The van der Waals surface area contributed by atoms with Crippen molar-refractivity contribution in [2.45, 2.75) is 6.92 Å². The summed E-state index contributed by atoms with van der Waals surface area (Å²) in [4.78, 5) is 23.0. The Morgan fingerprint density at radius 2 is 1.48 bits per heavy atom. The number of amides is 2. The van der Waals surface area contributed by atoms with Gasteiger partial charge in [-0.15, -0.1) is 0 Å². The minimum absolute atomic E-state index is 0.118. The summed E-state index contributed by atoms with van der Waals surface area (Å²) in [5.74, 6) is 1.06. The van der Waals surface area contributed by atoms with E-state index >= 15 is 0 Å². The van der Waals surface area contributed by atoms with Crippen LogP contribution in [0.3, 0.4) is 0 Å². The fourth-order valence-electron chi connectivity index (χ4n) is 2.38. The SMILES string of the molecule is CC(=O)Nc1ccc(NC(=O)CNc2ccc3c(c2)OCCO3)cc1. The molecule has 3 N–H and O–H groups in total. The Balaban J connectivity index is 1.51. The Kier molecular flexibility index (Phi) is 5.03. The van der Waals surface area contributed by atoms with E-state index in [0.717, 1.165) is 5.69 Å². The molecule has 0 fully saturated rings. The van der Waals surface area contributed by atoms with Crippen molar-refractivity contribution < 1.29 is 19.1 Å². The van der Waals surface area contributed by atoms with E-state index in [0.29, 0.717) is 36.1 Å². The average molecular weight is 341 g/mol. The van der Waals surface area contributed by atoms with Crippen LogP contribution in [0.4, 0.5) is 17.1 Å². The van der Waals surface area contributed by atoms with Crippen LogP contribution in [0.25, 0.3) is 0 Å². The Bertz CT molecular complexity index is 774. The lowest BCUT2D eigenvalue weighted by Gasteiger charge is -2.19. The van der Waals surface area contributed by atoms with Gasteiger partial charge >= 0.3 is 0 Å². The molecule has 0 saturated heterocycles. The lowest BCUT2D eigenvalue weighted by Crippen LogP contribution is -2.22. The van der Waals surface area contributed by atoms with E-state index < -0.39 is 0 Å². The van der Waals surface area contributed by atoms with Gasteiger partial charge in [0.1, 0.15) is 13.2 Å². The number of carbonyl (C=O) groups excluding carboxylic acids is 2. The van der Waals surface area contributed by atoms with Crippen molar-refractivity contribution in [2.75, 3.05) is 35.7 Å². The molecule has 0 bridgehead atoms. The van der Waals surface area contributed by atoms with Crippen LogP contribution >= 0.6 is 0 Å². The summed E-state index contributed by atoms with van der Waals surface area (Å²) in [5.41, 5.74) is 2.11. The molecule has 7 nitrogen and oxygen atoms in total. The van der Waals surface area contributed by atoms with Crippen LogP contribution in [0, 0.1) is 0 Å². The number of nitrogens with one attached hydrogen (secondary N) is 3. The molecule has 2 aromatic rings. The smallest absolute Gasteiger partial charge is 0.243 e. The molecule has 0 aliphatic carbocycles. The van der Waals surface area contributed by atoms with E-state index in [4.69, 9.17) is 9.47 Å². The first kappa shape index (κ1) is 16.6. The van der Waals surface area contributed by atoms with Gasteiger partial charge in [-0.3, -0.25) is 9.59 Å². The number of ether oxygens (including phenoxy) is 2. The van der Waals surface area contributed by atoms with Crippen molar-refractivity contribution in [1.82, 2.24) is 0 Å². The molecule has 2 aromatic carbocycles. The van der Waals surface area contributed by atoms with Gasteiger partial charge < -0.3 is 25.4 Å². The highest BCUT2D eigenvalue weighted by atomic mass is 16.6. The second-order valence-electron chi connectivity index (χ2n) is 5.52. The topological polar surface area (TPSA) is 88.7 Å². The number of anilines is 3. The number of fused-ring (bicyclic) bond motifs is 1. The number of benzene rings is 2. The van der Waals surface area contributed by atoms with Crippen LogP contribution in [-0.2, 0) is 9.59 Å². The molecule has 2 amide bonds. The van der Waals surface area contributed by atoms with Crippen LogP contribution in [-0.4, -0.2) is 31.6 Å². The average Bonchev–Trinajstić information content (AvgIpc) is 2.61.